The monoisotopic (exact) mass is 300 g/mol. The molecule has 0 spiro atoms. The van der Waals surface area contributed by atoms with Crippen LogP contribution in [0.5, 0.6) is 0 Å². The molecule has 7 heteroatoms. The zero-order chi connectivity index (χ0) is 16.3. The van der Waals surface area contributed by atoms with Gasteiger partial charge in [0.2, 0.25) is 0 Å². The lowest BCUT2D eigenvalue weighted by molar-refractivity contribution is -0.384. The van der Waals surface area contributed by atoms with Gasteiger partial charge in [-0.3, -0.25) is 14.9 Å². The first-order valence-electron chi connectivity index (χ1n) is 6.34. The summed E-state index contributed by atoms with van der Waals surface area (Å²) in [5.74, 6) is -0.851. The second-order valence-corrected chi connectivity index (χ2v) is 4.61. The molecule has 0 atom stereocenters. The molecule has 2 rings (SSSR count). The number of non-ortho nitro benzene ring substituents is 1. The van der Waals surface area contributed by atoms with Crippen molar-refractivity contribution in [2.75, 3.05) is 0 Å². The zero-order valence-electron chi connectivity index (χ0n) is 11.9. The Hall–Kier alpha value is -3.09. The van der Waals surface area contributed by atoms with Crippen LogP contribution in [0.3, 0.4) is 0 Å². The molecular formula is C15H12N2O5. The number of allylic oxidation sites excluding steroid dienone is 4. The second-order valence-electron chi connectivity index (χ2n) is 4.61. The smallest absolute Gasteiger partial charge is 0.312 e. The number of hydrogen-bond donors (Lipinski definition) is 0. The number of nitro benzene ring substituents is 1. The molecule has 22 heavy (non-hydrogen) atoms. The molecule has 0 saturated carbocycles. The van der Waals surface area contributed by atoms with E-state index in [0.717, 1.165) is 0 Å². The Balaban J connectivity index is 2.13. The minimum Gasteiger partial charge on any atom is -0.312 e. The Morgan fingerprint density at radius 1 is 1.14 bits per heavy atom. The summed E-state index contributed by atoms with van der Waals surface area (Å²) < 4.78 is 0. The third-order valence-corrected chi connectivity index (χ3v) is 3.25. The summed E-state index contributed by atoms with van der Waals surface area (Å²) in [5.41, 5.74) is 1.57. The van der Waals surface area contributed by atoms with Crippen LogP contribution in [0.4, 0.5) is 5.69 Å². The summed E-state index contributed by atoms with van der Waals surface area (Å²) in [5, 5.41) is 14.3. The second kappa shape index (κ2) is 6.13. The van der Waals surface area contributed by atoms with E-state index in [9.17, 15) is 19.7 Å². The van der Waals surface area contributed by atoms with Crippen molar-refractivity contribution in [3.63, 3.8) is 0 Å². The Labute approximate surface area is 125 Å². The van der Waals surface area contributed by atoms with Gasteiger partial charge < -0.3 is 4.84 Å². The van der Waals surface area contributed by atoms with Crippen LogP contribution in [0, 0.1) is 10.1 Å². The Morgan fingerprint density at radius 2 is 1.77 bits per heavy atom. The van der Waals surface area contributed by atoms with Gasteiger partial charge in [0.25, 0.3) is 5.69 Å². The molecule has 0 aromatic heterocycles. The third kappa shape index (κ3) is 3.14. The zero-order valence-corrected chi connectivity index (χ0v) is 11.9. The summed E-state index contributed by atoms with van der Waals surface area (Å²) in [6.45, 7) is 3.37. The number of hydrogen-bond acceptors (Lipinski definition) is 6. The highest BCUT2D eigenvalue weighted by molar-refractivity contribution is 6.21. The van der Waals surface area contributed by atoms with Gasteiger partial charge in [-0.25, -0.2) is 4.79 Å². The van der Waals surface area contributed by atoms with Gasteiger partial charge in [0.15, 0.2) is 5.78 Å². The Morgan fingerprint density at radius 3 is 2.36 bits per heavy atom. The fourth-order valence-electron chi connectivity index (χ4n) is 1.74. The van der Waals surface area contributed by atoms with Crippen LogP contribution in [-0.2, 0) is 9.63 Å². The van der Waals surface area contributed by atoms with Crippen LogP contribution in [0.1, 0.15) is 24.2 Å². The molecule has 1 aliphatic rings. The average molecular weight is 300 g/mol. The molecule has 1 aromatic carbocycles. The lowest BCUT2D eigenvalue weighted by atomic mass is 9.97. The highest BCUT2D eigenvalue weighted by Crippen LogP contribution is 2.16. The average Bonchev–Trinajstić information content (AvgIpc) is 2.51. The largest absolute Gasteiger partial charge is 0.365 e. The van der Waals surface area contributed by atoms with E-state index in [4.69, 9.17) is 4.84 Å². The van der Waals surface area contributed by atoms with Gasteiger partial charge in [0, 0.05) is 17.7 Å². The molecule has 0 radical (unpaired) electrons. The third-order valence-electron chi connectivity index (χ3n) is 3.25. The van der Waals surface area contributed by atoms with Gasteiger partial charge in [0.1, 0.15) is 5.71 Å². The maximum Gasteiger partial charge on any atom is 0.365 e. The van der Waals surface area contributed by atoms with Crippen LogP contribution in [-0.4, -0.2) is 22.4 Å². The molecule has 0 fully saturated rings. The number of rotatable bonds is 3. The van der Waals surface area contributed by atoms with Crippen molar-refractivity contribution in [2.45, 2.75) is 13.8 Å². The van der Waals surface area contributed by atoms with E-state index in [-0.39, 0.29) is 17.0 Å². The summed E-state index contributed by atoms with van der Waals surface area (Å²) in [7, 11) is 0. The van der Waals surface area contributed by atoms with Crippen molar-refractivity contribution < 1.29 is 19.3 Å². The topological polar surface area (TPSA) is 98.9 Å². The standard InChI is InChI=1S/C15H12N2O5/c1-9-10(2)14(18)8-7-13(9)16-22-15(19)11-3-5-12(6-4-11)17(20)21/h3-8H,1-2H3/b16-13-. The molecule has 0 bridgehead atoms. The lowest BCUT2D eigenvalue weighted by Gasteiger charge is -2.09. The van der Waals surface area contributed by atoms with E-state index in [1.807, 2.05) is 0 Å². The minimum absolute atomic E-state index is 0.113. The first kappa shape index (κ1) is 15.3. The van der Waals surface area contributed by atoms with Gasteiger partial charge in [0.05, 0.1) is 10.5 Å². The van der Waals surface area contributed by atoms with Crippen molar-refractivity contribution in [3.8, 4) is 0 Å². The van der Waals surface area contributed by atoms with E-state index in [1.165, 1.54) is 36.4 Å². The molecule has 112 valence electrons. The number of carbonyl (C=O) groups is 2. The first-order valence-corrected chi connectivity index (χ1v) is 6.34. The number of carbonyl (C=O) groups excluding carboxylic acids is 2. The Bertz CT molecular complexity index is 742. The Kier molecular flexibility index (Phi) is 4.26. The van der Waals surface area contributed by atoms with Crippen LogP contribution >= 0.6 is 0 Å². The highest BCUT2D eigenvalue weighted by Gasteiger charge is 2.16. The van der Waals surface area contributed by atoms with E-state index in [0.29, 0.717) is 16.9 Å². The highest BCUT2D eigenvalue weighted by atomic mass is 16.7. The molecule has 1 aromatic rings. The number of nitrogens with zero attached hydrogens (tertiary/aromatic N) is 2. The van der Waals surface area contributed by atoms with Gasteiger partial charge >= 0.3 is 5.97 Å². The maximum absolute atomic E-state index is 11.8. The quantitative estimate of drug-likeness (QED) is 0.370. The van der Waals surface area contributed by atoms with Crippen molar-refractivity contribution in [1.29, 1.82) is 0 Å². The molecule has 0 heterocycles. The molecule has 0 N–H and O–H groups in total. The summed E-state index contributed by atoms with van der Waals surface area (Å²) >= 11 is 0. The summed E-state index contributed by atoms with van der Waals surface area (Å²) in [6, 6.07) is 4.99. The van der Waals surface area contributed by atoms with Gasteiger partial charge in [-0.15, -0.1) is 0 Å². The molecular weight excluding hydrogens is 288 g/mol. The van der Waals surface area contributed by atoms with Crippen LogP contribution < -0.4 is 0 Å². The number of oxime groups is 1. The van der Waals surface area contributed by atoms with Gasteiger partial charge in [-0.1, -0.05) is 5.16 Å². The van der Waals surface area contributed by atoms with Crippen LogP contribution in [0.2, 0.25) is 0 Å². The minimum atomic E-state index is -0.738. The summed E-state index contributed by atoms with van der Waals surface area (Å²) in [4.78, 5) is 38.0. The molecule has 0 amide bonds. The number of ketones is 1. The summed E-state index contributed by atoms with van der Waals surface area (Å²) in [6.07, 6.45) is 2.81. The first-order chi connectivity index (χ1) is 10.4. The molecule has 0 unspecified atom stereocenters. The van der Waals surface area contributed by atoms with Crippen LogP contribution in [0.15, 0.2) is 52.7 Å². The van der Waals surface area contributed by atoms with Gasteiger partial charge in [-0.2, -0.15) is 0 Å². The van der Waals surface area contributed by atoms with Crippen molar-refractivity contribution in [2.24, 2.45) is 5.16 Å². The molecule has 0 aliphatic heterocycles. The van der Waals surface area contributed by atoms with Crippen molar-refractivity contribution in [1.82, 2.24) is 0 Å². The van der Waals surface area contributed by atoms with Crippen LogP contribution in [0.25, 0.3) is 0 Å². The fourth-order valence-corrected chi connectivity index (χ4v) is 1.74. The molecule has 0 saturated heterocycles. The SMILES string of the molecule is CC1=C(C)/C(=N\OC(=O)c2ccc([N+](=O)[O-])cc2)C=CC1=O. The van der Waals surface area contributed by atoms with Gasteiger partial charge in [-0.05, 0) is 43.7 Å². The lowest BCUT2D eigenvalue weighted by Crippen LogP contribution is -2.12. The van der Waals surface area contributed by atoms with E-state index in [1.54, 1.807) is 13.8 Å². The van der Waals surface area contributed by atoms with Crippen molar-refractivity contribution >= 4 is 23.2 Å². The maximum atomic E-state index is 11.8. The van der Waals surface area contributed by atoms with E-state index in [2.05, 4.69) is 5.16 Å². The van der Waals surface area contributed by atoms with Crippen molar-refractivity contribution in [3.05, 3.63) is 63.2 Å². The normalized spacial score (nSPS) is 16.1. The fraction of sp³-hybridized carbons (Fsp3) is 0.133. The predicted molar refractivity (Wildman–Crippen MR) is 78.5 cm³/mol. The van der Waals surface area contributed by atoms with E-state index >= 15 is 0 Å². The van der Waals surface area contributed by atoms with E-state index < -0.39 is 10.9 Å². The molecule has 1 aliphatic carbocycles. The predicted octanol–water partition coefficient (Wildman–Crippen LogP) is 2.58. The number of nitro groups is 1. The number of benzene rings is 1. The molecule has 7 nitrogen and oxygen atoms in total.